The summed E-state index contributed by atoms with van der Waals surface area (Å²) in [5.41, 5.74) is 0.988. The van der Waals surface area contributed by atoms with Crippen molar-refractivity contribution in [2.45, 2.75) is 70.8 Å². The highest BCUT2D eigenvalue weighted by atomic mass is 16.1. The monoisotopic (exact) mass is 249 g/mol. The second kappa shape index (κ2) is 6.01. The Bertz CT molecular complexity index is 322. The largest absolute Gasteiger partial charge is 0.292 e. The molecule has 0 aromatic rings. The number of carbonyl (C=O) groups excluding carboxylic acids is 1. The van der Waals surface area contributed by atoms with Crippen LogP contribution in [0.2, 0.25) is 0 Å². The van der Waals surface area contributed by atoms with Gasteiger partial charge in [0.1, 0.15) is 0 Å². The lowest BCUT2D eigenvalue weighted by Gasteiger charge is -2.40. The molecule has 1 fully saturated rings. The lowest BCUT2D eigenvalue weighted by molar-refractivity contribution is -0.127. The third kappa shape index (κ3) is 2.40. The molecular weight excluding hydrogens is 222 g/mol. The molecule has 0 aromatic heterocycles. The molecule has 18 heavy (non-hydrogen) atoms. The molecule has 0 saturated heterocycles. The number of likely N-dealkylation sites (N-methyl/N-ethyl adjacent to an activating group) is 1. The van der Waals surface area contributed by atoms with Crippen LogP contribution < -0.4 is 0 Å². The van der Waals surface area contributed by atoms with Gasteiger partial charge in [0.2, 0.25) is 0 Å². The summed E-state index contributed by atoms with van der Waals surface area (Å²) >= 11 is 0. The standard InChI is InChI=1S/C16H27NO/c1-3-17(4-2)16(12-8-9-13-16)15(18)14-10-6-5-7-11-14/h10H,3-9,11-13H2,1-2H3. The van der Waals surface area contributed by atoms with Crippen LogP contribution in [-0.4, -0.2) is 29.3 Å². The Balaban J connectivity index is 2.23. The molecule has 2 rings (SSSR count). The number of ketones is 1. The van der Waals surface area contributed by atoms with E-state index in [9.17, 15) is 4.79 Å². The Kier molecular flexibility index (Phi) is 4.60. The number of Topliss-reactive ketones (excluding diaryl/α,β-unsaturated/α-hetero) is 1. The van der Waals surface area contributed by atoms with Gasteiger partial charge >= 0.3 is 0 Å². The van der Waals surface area contributed by atoms with Crippen molar-refractivity contribution in [2.75, 3.05) is 13.1 Å². The van der Waals surface area contributed by atoms with Gasteiger partial charge in [-0.2, -0.15) is 0 Å². The summed E-state index contributed by atoms with van der Waals surface area (Å²) in [6.45, 7) is 6.36. The van der Waals surface area contributed by atoms with E-state index in [2.05, 4.69) is 24.8 Å². The van der Waals surface area contributed by atoms with Gasteiger partial charge in [0.05, 0.1) is 5.54 Å². The number of nitrogens with zero attached hydrogens (tertiary/aromatic N) is 1. The topological polar surface area (TPSA) is 20.3 Å². The SMILES string of the molecule is CCN(CC)C1(C(=O)C2=CCCCC2)CCCC1. The molecule has 0 aliphatic heterocycles. The molecule has 1 saturated carbocycles. The van der Waals surface area contributed by atoms with Crippen molar-refractivity contribution in [3.05, 3.63) is 11.6 Å². The van der Waals surface area contributed by atoms with Gasteiger partial charge in [0.25, 0.3) is 0 Å². The van der Waals surface area contributed by atoms with Gasteiger partial charge in [-0.1, -0.05) is 32.8 Å². The van der Waals surface area contributed by atoms with Crippen LogP contribution in [0.25, 0.3) is 0 Å². The smallest absolute Gasteiger partial charge is 0.178 e. The quantitative estimate of drug-likeness (QED) is 0.740. The van der Waals surface area contributed by atoms with E-state index in [1.807, 2.05) is 0 Å². The van der Waals surface area contributed by atoms with Crippen LogP contribution >= 0.6 is 0 Å². The molecule has 0 unspecified atom stereocenters. The van der Waals surface area contributed by atoms with Crippen molar-refractivity contribution in [1.82, 2.24) is 4.90 Å². The Morgan fingerprint density at radius 3 is 2.33 bits per heavy atom. The van der Waals surface area contributed by atoms with Gasteiger partial charge in [-0.3, -0.25) is 9.69 Å². The van der Waals surface area contributed by atoms with Crippen LogP contribution in [0.1, 0.15) is 65.2 Å². The van der Waals surface area contributed by atoms with E-state index in [1.54, 1.807) is 0 Å². The molecule has 2 heteroatoms. The fraction of sp³-hybridized carbons (Fsp3) is 0.812. The summed E-state index contributed by atoms with van der Waals surface area (Å²) in [7, 11) is 0. The van der Waals surface area contributed by atoms with E-state index in [4.69, 9.17) is 0 Å². The maximum Gasteiger partial charge on any atom is 0.178 e. The highest BCUT2D eigenvalue weighted by Gasteiger charge is 2.45. The lowest BCUT2D eigenvalue weighted by atomic mass is 9.82. The zero-order valence-corrected chi connectivity index (χ0v) is 12.0. The normalized spacial score (nSPS) is 23.2. The zero-order chi connectivity index (χ0) is 13.0. The first-order valence-corrected chi connectivity index (χ1v) is 7.73. The number of hydrogen-bond acceptors (Lipinski definition) is 2. The van der Waals surface area contributed by atoms with Crippen molar-refractivity contribution in [3.8, 4) is 0 Å². The molecule has 0 N–H and O–H groups in total. The number of carbonyl (C=O) groups is 1. The highest BCUT2D eigenvalue weighted by Crippen LogP contribution is 2.39. The molecule has 2 aliphatic carbocycles. The minimum atomic E-state index is -0.146. The van der Waals surface area contributed by atoms with Crippen LogP contribution in [0.15, 0.2) is 11.6 Å². The van der Waals surface area contributed by atoms with Gasteiger partial charge in [-0.15, -0.1) is 0 Å². The van der Waals surface area contributed by atoms with E-state index in [0.717, 1.165) is 44.3 Å². The van der Waals surface area contributed by atoms with E-state index < -0.39 is 0 Å². The molecule has 102 valence electrons. The highest BCUT2D eigenvalue weighted by molar-refractivity contribution is 6.03. The fourth-order valence-corrected chi connectivity index (χ4v) is 3.82. The Hall–Kier alpha value is -0.630. The minimum absolute atomic E-state index is 0.146. The third-order valence-electron chi connectivity index (χ3n) is 4.80. The van der Waals surface area contributed by atoms with Gasteiger partial charge in [0.15, 0.2) is 5.78 Å². The molecule has 0 atom stereocenters. The zero-order valence-electron chi connectivity index (χ0n) is 12.0. The maximum absolute atomic E-state index is 13.0. The number of rotatable bonds is 5. The molecule has 2 nitrogen and oxygen atoms in total. The summed E-state index contributed by atoms with van der Waals surface area (Å²) in [6, 6.07) is 0. The molecular formula is C16H27NO. The first kappa shape index (κ1) is 13.8. The third-order valence-corrected chi connectivity index (χ3v) is 4.80. The molecule has 0 amide bonds. The predicted octanol–water partition coefficient (Wildman–Crippen LogP) is 3.71. The van der Waals surface area contributed by atoms with Gasteiger partial charge in [-0.05, 0) is 57.2 Å². The van der Waals surface area contributed by atoms with Gasteiger partial charge < -0.3 is 0 Å². The minimum Gasteiger partial charge on any atom is -0.292 e. The van der Waals surface area contributed by atoms with Crippen molar-refractivity contribution in [3.63, 3.8) is 0 Å². The molecule has 0 spiro atoms. The number of allylic oxidation sites excluding steroid dienone is 1. The predicted molar refractivity (Wildman–Crippen MR) is 75.7 cm³/mol. The number of hydrogen-bond donors (Lipinski definition) is 0. The lowest BCUT2D eigenvalue weighted by Crippen LogP contribution is -2.53. The molecule has 0 heterocycles. The van der Waals surface area contributed by atoms with Crippen LogP contribution in [0.4, 0.5) is 0 Å². The van der Waals surface area contributed by atoms with Crippen LogP contribution in [0, 0.1) is 0 Å². The maximum atomic E-state index is 13.0. The van der Waals surface area contributed by atoms with Crippen LogP contribution in [0.5, 0.6) is 0 Å². The summed E-state index contributed by atoms with van der Waals surface area (Å²) in [5.74, 6) is 0.461. The summed E-state index contributed by atoms with van der Waals surface area (Å²) in [4.78, 5) is 15.4. The van der Waals surface area contributed by atoms with Gasteiger partial charge in [-0.25, -0.2) is 0 Å². The summed E-state index contributed by atoms with van der Waals surface area (Å²) < 4.78 is 0. The molecule has 0 radical (unpaired) electrons. The first-order valence-electron chi connectivity index (χ1n) is 7.73. The van der Waals surface area contributed by atoms with E-state index in [0.29, 0.717) is 5.78 Å². The fourth-order valence-electron chi connectivity index (χ4n) is 3.82. The van der Waals surface area contributed by atoms with Crippen molar-refractivity contribution < 1.29 is 4.79 Å². The second-order valence-electron chi connectivity index (χ2n) is 5.72. The van der Waals surface area contributed by atoms with E-state index >= 15 is 0 Å². The average Bonchev–Trinajstić information content (AvgIpc) is 2.91. The van der Waals surface area contributed by atoms with E-state index in [-0.39, 0.29) is 5.54 Å². The summed E-state index contributed by atoms with van der Waals surface area (Å²) in [6.07, 6.45) is 11.4. The second-order valence-corrected chi connectivity index (χ2v) is 5.72. The first-order chi connectivity index (χ1) is 8.74. The Morgan fingerprint density at radius 1 is 1.17 bits per heavy atom. The average molecular weight is 249 g/mol. The molecule has 0 aromatic carbocycles. The van der Waals surface area contributed by atoms with Crippen molar-refractivity contribution >= 4 is 5.78 Å². The molecule has 0 bridgehead atoms. The van der Waals surface area contributed by atoms with E-state index in [1.165, 1.54) is 25.7 Å². The Labute approximate surface area is 111 Å². The van der Waals surface area contributed by atoms with Crippen LogP contribution in [-0.2, 0) is 4.79 Å². The summed E-state index contributed by atoms with van der Waals surface area (Å²) in [5, 5.41) is 0. The van der Waals surface area contributed by atoms with Crippen LogP contribution in [0.3, 0.4) is 0 Å². The van der Waals surface area contributed by atoms with Crippen molar-refractivity contribution in [2.24, 2.45) is 0 Å². The van der Waals surface area contributed by atoms with Crippen molar-refractivity contribution in [1.29, 1.82) is 0 Å². The van der Waals surface area contributed by atoms with Gasteiger partial charge in [0, 0.05) is 0 Å². The molecule has 2 aliphatic rings. The Morgan fingerprint density at radius 2 is 1.83 bits per heavy atom.